The van der Waals surface area contributed by atoms with Crippen LogP contribution in [0.15, 0.2) is 39.5 Å². The van der Waals surface area contributed by atoms with E-state index in [0.717, 1.165) is 30.2 Å². The van der Waals surface area contributed by atoms with Crippen molar-refractivity contribution >= 4 is 5.65 Å². The van der Waals surface area contributed by atoms with Gasteiger partial charge >= 0.3 is 6.18 Å². The van der Waals surface area contributed by atoms with E-state index in [9.17, 15) is 18.0 Å². The number of hydrogen-bond donors (Lipinski definition) is 1. The predicted octanol–water partition coefficient (Wildman–Crippen LogP) is 4.74. The van der Waals surface area contributed by atoms with Crippen molar-refractivity contribution in [3.63, 3.8) is 0 Å². The molecule has 1 aliphatic rings. The number of aromatic nitrogens is 5. The largest absolute Gasteiger partial charge is 0.435 e. The molecule has 5 rings (SSSR count). The van der Waals surface area contributed by atoms with Gasteiger partial charge in [-0.2, -0.15) is 22.8 Å². The second-order valence-corrected chi connectivity index (χ2v) is 8.44. The smallest absolute Gasteiger partial charge is 0.420 e. The molecule has 2 unspecified atom stereocenters. The van der Waals surface area contributed by atoms with Gasteiger partial charge in [0.15, 0.2) is 5.69 Å². The molecule has 1 fully saturated rings. The number of aromatic amines is 1. The number of hydrogen-bond acceptors (Lipinski definition) is 6. The molecule has 4 aromatic rings. The van der Waals surface area contributed by atoms with Crippen LogP contribution in [0.1, 0.15) is 48.9 Å². The van der Waals surface area contributed by atoms with Gasteiger partial charge in [-0.05, 0) is 31.7 Å². The van der Waals surface area contributed by atoms with Crippen molar-refractivity contribution in [2.45, 2.75) is 50.8 Å². The predicted molar refractivity (Wildman–Crippen MR) is 116 cm³/mol. The van der Waals surface area contributed by atoms with E-state index >= 15 is 0 Å². The van der Waals surface area contributed by atoms with E-state index in [1.165, 1.54) is 12.1 Å². The summed E-state index contributed by atoms with van der Waals surface area (Å²) in [5.41, 5.74) is -1.59. The SMILES string of the molecule is COC1CCCC(c2nnc(-c3c(C)[nH]c4c(-c5ccccc5)c(C(F)(F)F)nn4c3=O)o2)C1. The molecule has 1 aromatic carbocycles. The van der Waals surface area contributed by atoms with Gasteiger partial charge in [0.05, 0.1) is 11.7 Å². The fourth-order valence-corrected chi connectivity index (χ4v) is 4.60. The molecule has 34 heavy (non-hydrogen) atoms. The molecule has 0 spiro atoms. The van der Waals surface area contributed by atoms with E-state index < -0.39 is 17.4 Å². The zero-order valence-corrected chi connectivity index (χ0v) is 18.5. The van der Waals surface area contributed by atoms with E-state index in [1.807, 2.05) is 0 Å². The highest BCUT2D eigenvalue weighted by Gasteiger charge is 2.39. The van der Waals surface area contributed by atoms with Crippen LogP contribution in [0.25, 0.3) is 28.2 Å². The van der Waals surface area contributed by atoms with Gasteiger partial charge in [0.2, 0.25) is 5.89 Å². The minimum Gasteiger partial charge on any atom is -0.420 e. The highest BCUT2D eigenvalue weighted by atomic mass is 19.4. The van der Waals surface area contributed by atoms with Gasteiger partial charge in [0.1, 0.15) is 11.2 Å². The second-order valence-electron chi connectivity index (χ2n) is 8.44. The van der Waals surface area contributed by atoms with Gasteiger partial charge in [-0.1, -0.05) is 36.8 Å². The Balaban J connectivity index is 1.64. The van der Waals surface area contributed by atoms with Crippen molar-refractivity contribution in [3.8, 4) is 22.6 Å². The van der Waals surface area contributed by atoms with Gasteiger partial charge in [0, 0.05) is 18.7 Å². The summed E-state index contributed by atoms with van der Waals surface area (Å²) in [7, 11) is 1.66. The zero-order valence-electron chi connectivity index (χ0n) is 18.5. The molecular formula is C23H22F3N5O3. The number of nitrogens with zero attached hydrogens (tertiary/aromatic N) is 4. The molecule has 0 radical (unpaired) electrons. The van der Waals surface area contributed by atoms with Gasteiger partial charge in [-0.3, -0.25) is 4.79 Å². The van der Waals surface area contributed by atoms with Crippen molar-refractivity contribution in [3.05, 3.63) is 58.0 Å². The average molecular weight is 473 g/mol. The molecule has 0 amide bonds. The maximum Gasteiger partial charge on any atom is 0.435 e. The minimum atomic E-state index is -4.76. The van der Waals surface area contributed by atoms with Crippen LogP contribution in [0, 0.1) is 6.92 Å². The molecule has 3 aromatic heterocycles. The fraction of sp³-hybridized carbons (Fsp3) is 0.391. The molecule has 3 heterocycles. The Morgan fingerprint density at radius 3 is 2.62 bits per heavy atom. The molecule has 178 valence electrons. The number of nitrogens with one attached hydrogen (secondary N) is 1. The number of aryl methyl sites for hydroxylation is 1. The van der Waals surface area contributed by atoms with Crippen molar-refractivity contribution < 1.29 is 22.3 Å². The number of alkyl halides is 3. The number of H-pyrrole nitrogens is 1. The maximum absolute atomic E-state index is 13.9. The normalized spacial score (nSPS) is 19.1. The quantitative estimate of drug-likeness (QED) is 0.460. The van der Waals surface area contributed by atoms with E-state index in [1.54, 1.807) is 32.2 Å². The van der Waals surface area contributed by atoms with E-state index in [0.29, 0.717) is 11.6 Å². The van der Waals surface area contributed by atoms with Crippen molar-refractivity contribution in [2.24, 2.45) is 0 Å². The van der Waals surface area contributed by atoms with Crippen LogP contribution in [0.5, 0.6) is 0 Å². The maximum atomic E-state index is 13.9. The van der Waals surface area contributed by atoms with Gasteiger partial charge in [-0.15, -0.1) is 10.2 Å². The van der Waals surface area contributed by atoms with Gasteiger partial charge in [0.25, 0.3) is 11.4 Å². The summed E-state index contributed by atoms with van der Waals surface area (Å²) in [4.78, 5) is 16.2. The average Bonchev–Trinajstić information content (AvgIpc) is 3.45. The Hall–Kier alpha value is -3.47. The summed E-state index contributed by atoms with van der Waals surface area (Å²) >= 11 is 0. The Morgan fingerprint density at radius 2 is 1.91 bits per heavy atom. The van der Waals surface area contributed by atoms with Gasteiger partial charge in [-0.25, -0.2) is 0 Å². The molecule has 1 N–H and O–H groups in total. The first kappa shape index (κ1) is 22.3. The number of benzene rings is 1. The monoisotopic (exact) mass is 473 g/mol. The first-order valence-electron chi connectivity index (χ1n) is 10.9. The van der Waals surface area contributed by atoms with Gasteiger partial charge < -0.3 is 14.1 Å². The number of ether oxygens (including phenoxy) is 1. The lowest BCUT2D eigenvalue weighted by atomic mass is 9.87. The summed E-state index contributed by atoms with van der Waals surface area (Å²) < 4.78 is 53.6. The number of rotatable bonds is 4. The highest BCUT2D eigenvalue weighted by Crippen LogP contribution is 2.39. The lowest BCUT2D eigenvalue weighted by Crippen LogP contribution is -2.20. The summed E-state index contributed by atoms with van der Waals surface area (Å²) in [6.45, 7) is 1.58. The third kappa shape index (κ3) is 3.79. The summed E-state index contributed by atoms with van der Waals surface area (Å²) in [5, 5.41) is 11.8. The molecule has 1 aliphatic carbocycles. The van der Waals surface area contributed by atoms with Crippen LogP contribution in [-0.4, -0.2) is 38.0 Å². The van der Waals surface area contributed by atoms with Crippen LogP contribution >= 0.6 is 0 Å². The van der Waals surface area contributed by atoms with Crippen LogP contribution in [0.3, 0.4) is 0 Å². The standard InChI is InChI=1S/C23H22F3N5O3/c1-12-16(21-29-28-20(34-21)14-9-6-10-15(11-14)33-2)22(32)31-19(27-12)17(13-7-4-3-5-8-13)18(30-31)23(24,25)26/h3-5,7-8,14-15,27H,6,9-11H2,1-2H3. The molecule has 0 saturated heterocycles. The molecule has 11 heteroatoms. The first-order chi connectivity index (χ1) is 16.3. The molecular weight excluding hydrogens is 451 g/mol. The third-order valence-corrected chi connectivity index (χ3v) is 6.27. The Bertz CT molecular complexity index is 1390. The van der Waals surface area contributed by atoms with E-state index in [4.69, 9.17) is 9.15 Å². The number of halogens is 3. The van der Waals surface area contributed by atoms with Crippen LogP contribution in [-0.2, 0) is 10.9 Å². The zero-order chi connectivity index (χ0) is 24.0. The Labute approximate surface area is 191 Å². The second kappa shape index (κ2) is 8.39. The lowest BCUT2D eigenvalue weighted by molar-refractivity contribution is -0.140. The summed E-state index contributed by atoms with van der Waals surface area (Å²) in [5.74, 6) is 0.326. The van der Waals surface area contributed by atoms with Crippen LogP contribution < -0.4 is 5.56 Å². The Morgan fingerprint density at radius 1 is 1.15 bits per heavy atom. The summed E-state index contributed by atoms with van der Waals surface area (Å²) in [6.07, 6.45) is -1.19. The first-order valence-corrected chi connectivity index (χ1v) is 10.9. The molecule has 2 atom stereocenters. The minimum absolute atomic E-state index is 0.00529. The molecule has 0 bridgehead atoms. The summed E-state index contributed by atoms with van der Waals surface area (Å²) in [6, 6.07) is 8.02. The van der Waals surface area contributed by atoms with E-state index in [2.05, 4.69) is 20.3 Å². The highest BCUT2D eigenvalue weighted by molar-refractivity contribution is 5.81. The number of fused-ring (bicyclic) bond motifs is 1. The Kier molecular flexibility index (Phi) is 5.51. The van der Waals surface area contributed by atoms with Crippen molar-refractivity contribution in [1.29, 1.82) is 0 Å². The number of methoxy groups -OCH3 is 1. The van der Waals surface area contributed by atoms with Crippen LogP contribution in [0.2, 0.25) is 0 Å². The van der Waals surface area contributed by atoms with E-state index in [-0.39, 0.29) is 40.3 Å². The fourth-order valence-electron chi connectivity index (χ4n) is 4.60. The lowest BCUT2D eigenvalue weighted by Gasteiger charge is -2.25. The molecule has 1 saturated carbocycles. The van der Waals surface area contributed by atoms with Crippen molar-refractivity contribution in [1.82, 2.24) is 24.8 Å². The van der Waals surface area contributed by atoms with Crippen LogP contribution in [0.4, 0.5) is 13.2 Å². The topological polar surface area (TPSA) is 98.3 Å². The molecule has 0 aliphatic heterocycles. The third-order valence-electron chi connectivity index (χ3n) is 6.27. The molecule has 8 nitrogen and oxygen atoms in total. The van der Waals surface area contributed by atoms with Crippen molar-refractivity contribution in [2.75, 3.05) is 7.11 Å².